The summed E-state index contributed by atoms with van der Waals surface area (Å²) in [6, 6.07) is 0. The molecule has 1 aromatic heterocycles. The van der Waals surface area contributed by atoms with E-state index in [0.717, 1.165) is 11.5 Å². The average molecular weight is 234 g/mol. The largest absolute Gasteiger partial charge is 0.283 e. The van der Waals surface area contributed by atoms with Crippen LogP contribution < -0.4 is 10.9 Å². The van der Waals surface area contributed by atoms with Gasteiger partial charge in [0.2, 0.25) is 0 Å². The van der Waals surface area contributed by atoms with Crippen molar-refractivity contribution >= 4 is 46.6 Å². The highest BCUT2D eigenvalue weighted by Gasteiger charge is 2.12. The van der Waals surface area contributed by atoms with Crippen LogP contribution in [0.4, 0.5) is 0 Å². The number of nitrogens with one attached hydrogen (secondary N) is 2. The smallest absolute Gasteiger partial charge is 0.283 e. The predicted molar refractivity (Wildman–Crippen MR) is 56.8 cm³/mol. The molecule has 1 amide bonds. The van der Waals surface area contributed by atoms with E-state index in [1.54, 1.807) is 6.92 Å². The van der Waals surface area contributed by atoms with Crippen LogP contribution in [-0.4, -0.2) is 19.8 Å². The number of hydrazine groups is 1. The van der Waals surface area contributed by atoms with Crippen LogP contribution in [0.3, 0.4) is 0 Å². The van der Waals surface area contributed by atoms with Crippen molar-refractivity contribution in [2.75, 3.05) is 0 Å². The number of thiol groups is 1. The second-order valence-corrected chi connectivity index (χ2v) is 3.98. The molecule has 1 heterocycles. The van der Waals surface area contributed by atoms with Crippen molar-refractivity contribution in [1.82, 2.24) is 20.4 Å². The lowest BCUT2D eigenvalue weighted by atomic mass is 10.4. The van der Waals surface area contributed by atoms with Gasteiger partial charge >= 0.3 is 0 Å². The van der Waals surface area contributed by atoms with E-state index >= 15 is 0 Å². The Hall–Kier alpha value is -0.730. The number of thiocarbonyl (C=S) groups is 1. The van der Waals surface area contributed by atoms with Crippen LogP contribution in [0.1, 0.15) is 15.4 Å². The Labute approximate surface area is 89.5 Å². The molecule has 5 nitrogen and oxygen atoms in total. The maximum atomic E-state index is 11.3. The third-order valence-corrected chi connectivity index (χ3v) is 2.18. The van der Waals surface area contributed by atoms with E-state index in [4.69, 9.17) is 0 Å². The first-order valence-corrected chi connectivity index (χ1v) is 4.82. The van der Waals surface area contributed by atoms with E-state index in [0.29, 0.717) is 10.6 Å². The summed E-state index contributed by atoms with van der Waals surface area (Å²) >= 11 is 9.39. The van der Waals surface area contributed by atoms with Crippen molar-refractivity contribution in [3.63, 3.8) is 0 Å². The standard InChI is InChI=1S/C5H6N4OS3/c1-2-3(13-9-6-2)4(10)7-8-5(11)12/h1H3,(H,7,10)(H2,8,11,12). The van der Waals surface area contributed by atoms with Crippen LogP contribution in [0.5, 0.6) is 0 Å². The Bertz CT molecular complexity index is 336. The summed E-state index contributed by atoms with van der Waals surface area (Å²) in [6.07, 6.45) is 0. The van der Waals surface area contributed by atoms with Crippen LogP contribution in [0, 0.1) is 6.92 Å². The van der Waals surface area contributed by atoms with Gasteiger partial charge in [-0.25, -0.2) is 0 Å². The molecule has 0 aliphatic rings. The molecular formula is C5H6N4OS3. The van der Waals surface area contributed by atoms with Crippen molar-refractivity contribution in [3.8, 4) is 0 Å². The van der Waals surface area contributed by atoms with Gasteiger partial charge in [0.05, 0.1) is 5.69 Å². The van der Waals surface area contributed by atoms with Gasteiger partial charge in [0.15, 0.2) is 0 Å². The van der Waals surface area contributed by atoms with Gasteiger partial charge < -0.3 is 0 Å². The summed E-state index contributed by atoms with van der Waals surface area (Å²) in [4.78, 5) is 11.7. The van der Waals surface area contributed by atoms with E-state index in [1.807, 2.05) is 0 Å². The Morgan fingerprint density at radius 3 is 2.77 bits per heavy atom. The summed E-state index contributed by atoms with van der Waals surface area (Å²) in [5.41, 5.74) is 5.35. The first kappa shape index (κ1) is 10.4. The van der Waals surface area contributed by atoms with Gasteiger partial charge in [-0.2, -0.15) is 0 Å². The normalized spacial score (nSPS) is 9.38. The van der Waals surface area contributed by atoms with Crippen LogP contribution in [0.15, 0.2) is 0 Å². The van der Waals surface area contributed by atoms with E-state index in [9.17, 15) is 4.79 Å². The molecule has 70 valence electrons. The van der Waals surface area contributed by atoms with Crippen LogP contribution >= 0.6 is 36.4 Å². The lowest BCUT2D eigenvalue weighted by molar-refractivity contribution is 0.0948. The van der Waals surface area contributed by atoms with E-state index in [1.165, 1.54) is 0 Å². The van der Waals surface area contributed by atoms with Gasteiger partial charge in [-0.05, 0) is 18.5 Å². The second kappa shape index (κ2) is 4.49. The highest BCUT2D eigenvalue weighted by atomic mass is 32.1. The molecule has 0 fully saturated rings. The van der Waals surface area contributed by atoms with Gasteiger partial charge in [0, 0.05) is 0 Å². The highest BCUT2D eigenvalue weighted by molar-refractivity contribution is 8.11. The Morgan fingerprint density at radius 2 is 2.31 bits per heavy atom. The highest BCUT2D eigenvalue weighted by Crippen LogP contribution is 2.07. The van der Waals surface area contributed by atoms with Crippen LogP contribution in [0.2, 0.25) is 0 Å². The summed E-state index contributed by atoms with van der Waals surface area (Å²) in [5.74, 6) is -0.316. The quantitative estimate of drug-likeness (QED) is 0.370. The number of aryl methyl sites for hydroxylation is 1. The fourth-order valence-corrected chi connectivity index (χ4v) is 1.27. The van der Waals surface area contributed by atoms with E-state index in [2.05, 4.69) is 45.3 Å². The van der Waals surface area contributed by atoms with Crippen molar-refractivity contribution in [2.45, 2.75) is 6.92 Å². The number of nitrogens with zero attached hydrogens (tertiary/aromatic N) is 2. The molecule has 1 rings (SSSR count). The molecular weight excluding hydrogens is 228 g/mol. The molecule has 1 aromatic rings. The lowest BCUT2D eigenvalue weighted by Gasteiger charge is -2.03. The van der Waals surface area contributed by atoms with Crippen molar-refractivity contribution < 1.29 is 4.79 Å². The van der Waals surface area contributed by atoms with Gasteiger partial charge in [-0.15, -0.1) is 17.7 Å². The van der Waals surface area contributed by atoms with Crippen LogP contribution in [-0.2, 0) is 0 Å². The first-order chi connectivity index (χ1) is 6.11. The zero-order valence-electron chi connectivity index (χ0n) is 6.57. The van der Waals surface area contributed by atoms with Crippen molar-refractivity contribution in [2.24, 2.45) is 0 Å². The summed E-state index contributed by atoms with van der Waals surface area (Å²) in [6.45, 7) is 1.71. The maximum absolute atomic E-state index is 11.3. The molecule has 8 heteroatoms. The first-order valence-electron chi connectivity index (χ1n) is 3.19. The third-order valence-electron chi connectivity index (χ3n) is 1.14. The second-order valence-electron chi connectivity index (χ2n) is 2.07. The number of amides is 1. The van der Waals surface area contributed by atoms with Gasteiger partial charge in [0.25, 0.3) is 5.91 Å². The fraction of sp³-hybridized carbons (Fsp3) is 0.200. The number of hydrogen-bond acceptors (Lipinski definition) is 5. The molecule has 13 heavy (non-hydrogen) atoms. The number of aromatic nitrogens is 2. The Kier molecular flexibility index (Phi) is 3.58. The lowest BCUT2D eigenvalue weighted by Crippen LogP contribution is -2.38. The number of rotatable bonds is 1. The zero-order chi connectivity index (χ0) is 9.84. The van der Waals surface area contributed by atoms with E-state index < -0.39 is 0 Å². The Balaban J connectivity index is 2.59. The SMILES string of the molecule is Cc1nnsc1C(=O)NNC(=S)S. The van der Waals surface area contributed by atoms with Crippen LogP contribution in [0.25, 0.3) is 0 Å². The van der Waals surface area contributed by atoms with Crippen molar-refractivity contribution in [3.05, 3.63) is 10.6 Å². The molecule has 0 atom stereocenters. The van der Waals surface area contributed by atoms with Gasteiger partial charge in [0.1, 0.15) is 9.20 Å². The number of carbonyl (C=O) groups excluding carboxylic acids is 1. The molecule has 0 aliphatic heterocycles. The van der Waals surface area contributed by atoms with E-state index in [-0.39, 0.29) is 10.2 Å². The minimum absolute atomic E-state index is 0.198. The molecule has 0 bridgehead atoms. The minimum Gasteiger partial charge on any atom is -0.283 e. The molecule has 2 N–H and O–H groups in total. The molecule has 0 saturated heterocycles. The fourth-order valence-electron chi connectivity index (χ4n) is 0.607. The zero-order valence-corrected chi connectivity index (χ0v) is 9.09. The minimum atomic E-state index is -0.316. The molecule has 0 unspecified atom stereocenters. The molecule has 0 saturated carbocycles. The topological polar surface area (TPSA) is 66.9 Å². The number of hydrogen-bond donors (Lipinski definition) is 3. The summed E-state index contributed by atoms with van der Waals surface area (Å²) < 4.78 is 3.82. The van der Waals surface area contributed by atoms with Gasteiger partial charge in [-0.1, -0.05) is 16.7 Å². The summed E-state index contributed by atoms with van der Waals surface area (Å²) in [7, 11) is 0. The monoisotopic (exact) mass is 234 g/mol. The maximum Gasteiger partial charge on any atom is 0.283 e. The molecule has 0 spiro atoms. The number of carbonyl (C=O) groups is 1. The third kappa shape index (κ3) is 2.90. The average Bonchev–Trinajstić information content (AvgIpc) is 2.47. The molecule has 0 radical (unpaired) electrons. The molecule has 0 aliphatic carbocycles. The Morgan fingerprint density at radius 1 is 1.62 bits per heavy atom. The van der Waals surface area contributed by atoms with Crippen molar-refractivity contribution in [1.29, 1.82) is 0 Å². The summed E-state index contributed by atoms with van der Waals surface area (Å²) in [5, 5.41) is 3.69. The molecule has 0 aromatic carbocycles. The van der Waals surface area contributed by atoms with Gasteiger partial charge in [-0.3, -0.25) is 15.6 Å². The predicted octanol–water partition coefficient (Wildman–Crippen LogP) is 0.296.